The van der Waals surface area contributed by atoms with Crippen molar-refractivity contribution in [3.63, 3.8) is 0 Å². The molecule has 0 aromatic heterocycles. The fourth-order valence-electron chi connectivity index (χ4n) is 3.38. The first-order chi connectivity index (χ1) is 8.60. The van der Waals surface area contributed by atoms with Crippen LogP contribution in [0.25, 0.3) is 0 Å². The Morgan fingerprint density at radius 3 is 3.06 bits per heavy atom. The maximum absolute atomic E-state index is 14.2. The molecule has 0 heterocycles. The van der Waals surface area contributed by atoms with Crippen molar-refractivity contribution in [3.8, 4) is 5.75 Å². The van der Waals surface area contributed by atoms with Crippen LogP contribution < -0.4 is 0 Å². The zero-order valence-electron chi connectivity index (χ0n) is 10.2. The highest BCUT2D eigenvalue weighted by Gasteiger charge is 2.62. The van der Waals surface area contributed by atoms with Gasteiger partial charge in [0.25, 0.3) is 0 Å². The molecule has 1 aromatic carbocycles. The van der Waals surface area contributed by atoms with E-state index >= 15 is 0 Å². The van der Waals surface area contributed by atoms with E-state index < -0.39 is 11.2 Å². The van der Waals surface area contributed by atoms with Gasteiger partial charge in [0.2, 0.25) is 0 Å². The summed E-state index contributed by atoms with van der Waals surface area (Å²) in [5.74, 6) is -1.41. The van der Waals surface area contributed by atoms with Gasteiger partial charge in [-0.1, -0.05) is 6.07 Å². The number of hydrogen-bond donors (Lipinski definition) is 1. The summed E-state index contributed by atoms with van der Waals surface area (Å²) in [5, 5.41) is 9.53. The average molecular weight is 250 g/mol. The Balaban J connectivity index is 2.09. The molecule has 1 N–H and O–H groups in total. The fourth-order valence-corrected chi connectivity index (χ4v) is 3.38. The van der Waals surface area contributed by atoms with Gasteiger partial charge in [0.15, 0.2) is 11.6 Å². The summed E-state index contributed by atoms with van der Waals surface area (Å²) in [6.45, 7) is 0. The van der Waals surface area contributed by atoms with Crippen LogP contribution in [0.4, 0.5) is 4.39 Å². The number of aryl methyl sites for hydroxylation is 1. The first-order valence-electron chi connectivity index (χ1n) is 6.19. The van der Waals surface area contributed by atoms with Crippen LogP contribution in [0.15, 0.2) is 12.1 Å². The summed E-state index contributed by atoms with van der Waals surface area (Å²) in [4.78, 5) is 11.6. The van der Waals surface area contributed by atoms with Crippen LogP contribution in [0, 0.1) is 11.7 Å². The molecular weight excluding hydrogens is 235 g/mol. The molecule has 2 atom stereocenters. The number of phenols is 1. The number of carbonyl (C=O) groups is 1. The second-order valence-electron chi connectivity index (χ2n) is 5.22. The van der Waals surface area contributed by atoms with Crippen molar-refractivity contribution < 1.29 is 19.0 Å². The number of ether oxygens (including phenoxy) is 1. The highest BCUT2D eigenvalue weighted by atomic mass is 19.1. The number of rotatable bonds is 1. The van der Waals surface area contributed by atoms with Gasteiger partial charge in [-0.05, 0) is 37.3 Å². The third-order valence-electron chi connectivity index (χ3n) is 4.34. The molecule has 2 aliphatic rings. The summed E-state index contributed by atoms with van der Waals surface area (Å²) >= 11 is 0. The largest absolute Gasteiger partial charge is 0.505 e. The number of phenolic OH excluding ortho intramolecular Hbond substituents is 1. The third kappa shape index (κ3) is 1.38. The van der Waals surface area contributed by atoms with Gasteiger partial charge in [-0.3, -0.25) is 4.79 Å². The van der Waals surface area contributed by atoms with Gasteiger partial charge in [-0.25, -0.2) is 4.39 Å². The lowest BCUT2D eigenvalue weighted by atomic mass is 9.78. The predicted octanol–water partition coefficient (Wildman–Crippen LogP) is 2.30. The topological polar surface area (TPSA) is 46.5 Å². The number of carbonyl (C=O) groups excluding carboxylic acids is 1. The molecule has 0 aliphatic heterocycles. The minimum atomic E-state index is -0.557. The van der Waals surface area contributed by atoms with E-state index in [2.05, 4.69) is 0 Å². The minimum absolute atomic E-state index is 0.252. The molecule has 3 rings (SSSR count). The van der Waals surface area contributed by atoms with Gasteiger partial charge in [-0.2, -0.15) is 0 Å². The number of esters is 1. The van der Waals surface area contributed by atoms with Crippen LogP contribution in [-0.4, -0.2) is 18.2 Å². The standard InChI is InChI=1S/C14H15FO3/c1-18-13(17)9-7-14(9)6-2-3-8-4-5-10(16)12(15)11(8)14/h4-5,9,16H,2-3,6-7H2,1H3/t9?,14-/m1/s1. The summed E-state index contributed by atoms with van der Waals surface area (Å²) in [6, 6.07) is 3.16. The fraction of sp³-hybridized carbons (Fsp3) is 0.500. The Hall–Kier alpha value is -1.58. The molecule has 1 spiro atoms. The number of benzene rings is 1. The van der Waals surface area contributed by atoms with E-state index in [0.29, 0.717) is 12.0 Å². The lowest BCUT2D eigenvalue weighted by molar-refractivity contribution is -0.142. The Morgan fingerprint density at radius 1 is 1.56 bits per heavy atom. The first kappa shape index (κ1) is 11.5. The molecule has 0 amide bonds. The van der Waals surface area contributed by atoms with Crippen molar-refractivity contribution in [2.75, 3.05) is 7.11 Å². The molecule has 1 unspecified atom stereocenters. The number of hydrogen-bond acceptors (Lipinski definition) is 3. The maximum atomic E-state index is 14.2. The van der Waals surface area contributed by atoms with Crippen molar-refractivity contribution in [3.05, 3.63) is 29.1 Å². The number of fused-ring (bicyclic) bond motifs is 2. The van der Waals surface area contributed by atoms with Gasteiger partial charge < -0.3 is 9.84 Å². The summed E-state index contributed by atoms with van der Waals surface area (Å²) in [7, 11) is 1.36. The Labute approximate surface area is 105 Å². The lowest BCUT2D eigenvalue weighted by Crippen LogP contribution is -2.23. The monoisotopic (exact) mass is 250 g/mol. The number of halogens is 1. The van der Waals surface area contributed by atoms with E-state index in [1.165, 1.54) is 13.2 Å². The number of aromatic hydroxyl groups is 1. The maximum Gasteiger partial charge on any atom is 0.309 e. The van der Waals surface area contributed by atoms with Crippen LogP contribution in [0.1, 0.15) is 30.4 Å². The molecule has 0 bridgehead atoms. The van der Waals surface area contributed by atoms with E-state index in [4.69, 9.17) is 4.74 Å². The molecule has 4 heteroatoms. The van der Waals surface area contributed by atoms with Crippen molar-refractivity contribution in [2.45, 2.75) is 31.1 Å². The normalized spacial score (nSPS) is 28.9. The van der Waals surface area contributed by atoms with Crippen LogP contribution in [0.2, 0.25) is 0 Å². The molecule has 18 heavy (non-hydrogen) atoms. The summed E-state index contributed by atoms with van der Waals surface area (Å²) in [5.41, 5.74) is 1.04. The van der Waals surface area contributed by atoms with Gasteiger partial charge in [0, 0.05) is 11.0 Å². The SMILES string of the molecule is COC(=O)C1C[C@]12CCCc1ccc(O)c(F)c12. The quantitative estimate of drug-likeness (QED) is 0.778. The molecule has 2 aliphatic carbocycles. The number of methoxy groups -OCH3 is 1. The summed E-state index contributed by atoms with van der Waals surface area (Å²) < 4.78 is 18.9. The molecular formula is C14H15FO3. The molecule has 0 radical (unpaired) electrons. The van der Waals surface area contributed by atoms with Gasteiger partial charge in [0.05, 0.1) is 13.0 Å². The average Bonchev–Trinajstić information content (AvgIpc) is 3.08. The van der Waals surface area contributed by atoms with Crippen LogP contribution in [0.3, 0.4) is 0 Å². The van der Waals surface area contributed by atoms with Crippen LogP contribution in [0.5, 0.6) is 5.75 Å². The van der Waals surface area contributed by atoms with Crippen LogP contribution >= 0.6 is 0 Å². The highest BCUT2D eigenvalue weighted by Crippen LogP contribution is 2.61. The van der Waals surface area contributed by atoms with E-state index in [-0.39, 0.29) is 17.6 Å². The lowest BCUT2D eigenvalue weighted by Gasteiger charge is -2.27. The van der Waals surface area contributed by atoms with Gasteiger partial charge >= 0.3 is 5.97 Å². The van der Waals surface area contributed by atoms with E-state index in [9.17, 15) is 14.3 Å². The van der Waals surface area contributed by atoms with E-state index in [1.54, 1.807) is 6.07 Å². The second kappa shape index (κ2) is 3.70. The molecule has 1 saturated carbocycles. The Morgan fingerprint density at radius 2 is 2.33 bits per heavy atom. The summed E-state index contributed by atoms with van der Waals surface area (Å²) in [6.07, 6.45) is 3.18. The van der Waals surface area contributed by atoms with Gasteiger partial charge in [0.1, 0.15) is 0 Å². The molecule has 96 valence electrons. The van der Waals surface area contributed by atoms with Crippen LogP contribution in [-0.2, 0) is 21.4 Å². The zero-order chi connectivity index (χ0) is 12.9. The van der Waals surface area contributed by atoms with Crippen molar-refractivity contribution >= 4 is 5.97 Å². The minimum Gasteiger partial charge on any atom is -0.505 e. The van der Waals surface area contributed by atoms with Crippen molar-refractivity contribution in [2.24, 2.45) is 5.92 Å². The molecule has 3 nitrogen and oxygen atoms in total. The van der Waals surface area contributed by atoms with E-state index in [0.717, 1.165) is 24.8 Å². The van der Waals surface area contributed by atoms with Crippen molar-refractivity contribution in [1.29, 1.82) is 0 Å². The zero-order valence-corrected chi connectivity index (χ0v) is 10.2. The second-order valence-corrected chi connectivity index (χ2v) is 5.22. The van der Waals surface area contributed by atoms with Gasteiger partial charge in [-0.15, -0.1) is 0 Å². The van der Waals surface area contributed by atoms with E-state index in [1.807, 2.05) is 0 Å². The first-order valence-corrected chi connectivity index (χ1v) is 6.19. The smallest absolute Gasteiger partial charge is 0.309 e. The molecule has 1 fully saturated rings. The highest BCUT2D eigenvalue weighted by molar-refractivity contribution is 5.79. The molecule has 0 saturated heterocycles. The van der Waals surface area contributed by atoms with Crippen molar-refractivity contribution in [1.82, 2.24) is 0 Å². The predicted molar refractivity (Wildman–Crippen MR) is 62.8 cm³/mol. The Kier molecular flexibility index (Phi) is 2.37. The third-order valence-corrected chi connectivity index (χ3v) is 4.34. The Bertz CT molecular complexity index is 526. The molecule has 1 aromatic rings.